The second-order valence-corrected chi connectivity index (χ2v) is 9.96. The molecule has 0 spiro atoms. The second-order valence-electron chi connectivity index (χ2n) is 9.96. The highest BCUT2D eigenvalue weighted by atomic mass is 16.5. The maximum Gasteiger partial charge on any atom is 0.231 e. The molecule has 192 valence electrons. The van der Waals surface area contributed by atoms with Gasteiger partial charge in [-0.1, -0.05) is 12.1 Å². The summed E-state index contributed by atoms with van der Waals surface area (Å²) in [6.07, 6.45) is 5.88. The lowest BCUT2D eigenvalue weighted by Crippen LogP contribution is -2.35. The van der Waals surface area contributed by atoms with Crippen LogP contribution in [0.2, 0.25) is 0 Å². The van der Waals surface area contributed by atoms with E-state index in [2.05, 4.69) is 60.9 Å². The molecule has 0 unspecified atom stereocenters. The van der Waals surface area contributed by atoms with Crippen molar-refractivity contribution in [1.29, 1.82) is 0 Å². The number of hydrogen-bond donors (Lipinski definition) is 4. The molecule has 0 atom stereocenters. The molecule has 1 aromatic carbocycles. The van der Waals surface area contributed by atoms with Crippen molar-refractivity contribution in [3.05, 3.63) is 35.7 Å². The van der Waals surface area contributed by atoms with Crippen LogP contribution in [0.5, 0.6) is 0 Å². The molecule has 36 heavy (non-hydrogen) atoms. The zero-order valence-electron chi connectivity index (χ0n) is 21.1. The van der Waals surface area contributed by atoms with Gasteiger partial charge in [0.2, 0.25) is 11.9 Å². The normalized spacial score (nSPS) is 20.8. The first kappa shape index (κ1) is 24.5. The van der Waals surface area contributed by atoms with Gasteiger partial charge in [-0.3, -0.25) is 9.69 Å². The molecule has 1 aliphatic carbocycles. The van der Waals surface area contributed by atoms with Gasteiger partial charge < -0.3 is 25.7 Å². The molecule has 2 aliphatic rings. The molecule has 0 bridgehead atoms. The van der Waals surface area contributed by atoms with E-state index in [1.54, 1.807) is 13.3 Å². The lowest BCUT2D eigenvalue weighted by molar-refractivity contribution is -0.119. The number of fused-ring (bicyclic) bond motifs is 1. The number of anilines is 3. The van der Waals surface area contributed by atoms with Gasteiger partial charge in [-0.25, -0.2) is 4.98 Å². The number of imidazole rings is 1. The Hall–Kier alpha value is -3.24. The summed E-state index contributed by atoms with van der Waals surface area (Å²) in [6.45, 7) is 8.94. The van der Waals surface area contributed by atoms with Crippen molar-refractivity contribution in [1.82, 2.24) is 30.2 Å². The Bertz CT molecular complexity index is 1180. The minimum atomic E-state index is 0.0409. The molecule has 1 amide bonds. The van der Waals surface area contributed by atoms with Gasteiger partial charge in [0, 0.05) is 44.8 Å². The van der Waals surface area contributed by atoms with Crippen LogP contribution in [-0.2, 0) is 16.1 Å². The van der Waals surface area contributed by atoms with Crippen molar-refractivity contribution in [3.63, 3.8) is 0 Å². The highest BCUT2D eigenvalue weighted by Gasteiger charge is 2.23. The number of hydrogen-bond acceptors (Lipinski definition) is 8. The van der Waals surface area contributed by atoms with E-state index in [0.717, 1.165) is 87.7 Å². The summed E-state index contributed by atoms with van der Waals surface area (Å²) in [7, 11) is 0. The van der Waals surface area contributed by atoms with Crippen LogP contribution in [-0.4, -0.2) is 69.6 Å². The number of carbonyl (C=O) groups excluding carboxylic acids is 1. The maximum absolute atomic E-state index is 11.2. The predicted molar refractivity (Wildman–Crippen MR) is 140 cm³/mol. The Morgan fingerprint density at radius 3 is 2.72 bits per heavy atom. The third-order valence-corrected chi connectivity index (χ3v) is 7.15. The van der Waals surface area contributed by atoms with Gasteiger partial charge in [-0.2, -0.15) is 9.97 Å². The molecule has 1 aliphatic heterocycles. The smallest absolute Gasteiger partial charge is 0.231 e. The molecule has 0 radical (unpaired) electrons. The van der Waals surface area contributed by atoms with E-state index in [1.807, 2.05) is 0 Å². The number of nitrogens with zero attached hydrogens (tertiary/aromatic N) is 4. The van der Waals surface area contributed by atoms with Crippen LogP contribution in [0.3, 0.4) is 0 Å². The second kappa shape index (κ2) is 11.2. The van der Waals surface area contributed by atoms with E-state index in [4.69, 9.17) is 9.72 Å². The van der Waals surface area contributed by atoms with Crippen molar-refractivity contribution in [2.75, 3.05) is 43.5 Å². The Balaban J connectivity index is 1.25. The summed E-state index contributed by atoms with van der Waals surface area (Å²) in [5.41, 5.74) is 4.89. The van der Waals surface area contributed by atoms with Crippen LogP contribution < -0.4 is 16.0 Å². The topological polar surface area (TPSA) is 120 Å². The van der Waals surface area contributed by atoms with Crippen LogP contribution in [0, 0.1) is 12.8 Å². The highest BCUT2D eigenvalue weighted by Crippen LogP contribution is 2.29. The molecular weight excluding hydrogens is 456 g/mol. The molecular formula is C26H36N8O2. The van der Waals surface area contributed by atoms with E-state index >= 15 is 0 Å². The molecule has 1 saturated carbocycles. The number of rotatable bonds is 8. The van der Waals surface area contributed by atoms with Crippen molar-refractivity contribution in [2.45, 2.75) is 52.1 Å². The van der Waals surface area contributed by atoms with Crippen molar-refractivity contribution in [2.24, 2.45) is 5.92 Å². The molecule has 5 rings (SSSR count). The predicted octanol–water partition coefficient (Wildman–Crippen LogP) is 3.34. The molecule has 3 aromatic rings. The lowest BCUT2D eigenvalue weighted by Gasteiger charge is -2.29. The lowest BCUT2D eigenvalue weighted by atomic mass is 9.86. The van der Waals surface area contributed by atoms with Gasteiger partial charge in [0.15, 0.2) is 11.5 Å². The van der Waals surface area contributed by atoms with Crippen LogP contribution >= 0.6 is 0 Å². The summed E-state index contributed by atoms with van der Waals surface area (Å²) in [5, 5.41) is 9.98. The number of aromatic amines is 1. The van der Waals surface area contributed by atoms with Gasteiger partial charge in [-0.05, 0) is 55.7 Å². The van der Waals surface area contributed by atoms with Crippen LogP contribution in [0.4, 0.5) is 17.5 Å². The zero-order chi connectivity index (χ0) is 24.9. The number of amides is 1. The quantitative estimate of drug-likeness (QED) is 0.378. The third-order valence-electron chi connectivity index (χ3n) is 7.15. The number of carbonyl (C=O) groups is 1. The van der Waals surface area contributed by atoms with Gasteiger partial charge in [-0.15, -0.1) is 0 Å². The molecule has 10 nitrogen and oxygen atoms in total. The molecule has 3 heterocycles. The summed E-state index contributed by atoms with van der Waals surface area (Å²) in [5.74, 6) is 1.86. The van der Waals surface area contributed by atoms with Gasteiger partial charge >= 0.3 is 0 Å². The number of morpholine rings is 1. The fourth-order valence-corrected chi connectivity index (χ4v) is 5.09. The van der Waals surface area contributed by atoms with Crippen LogP contribution in [0.1, 0.15) is 43.7 Å². The SMILES string of the molecule is CC(=O)NCC1CCC(Nc2nc(Nc3ccc(CN4CCOCC4)cc3C)nc3[nH]cnc23)CC1. The highest BCUT2D eigenvalue weighted by molar-refractivity contribution is 5.84. The van der Waals surface area contributed by atoms with Crippen LogP contribution in [0.25, 0.3) is 11.2 Å². The van der Waals surface area contributed by atoms with Crippen molar-refractivity contribution >= 4 is 34.5 Å². The molecule has 2 aromatic heterocycles. The summed E-state index contributed by atoms with van der Waals surface area (Å²) in [6, 6.07) is 6.82. The van der Waals surface area contributed by atoms with Gasteiger partial charge in [0.25, 0.3) is 0 Å². The Morgan fingerprint density at radius 1 is 1.17 bits per heavy atom. The minimum absolute atomic E-state index is 0.0409. The van der Waals surface area contributed by atoms with E-state index in [9.17, 15) is 4.79 Å². The summed E-state index contributed by atoms with van der Waals surface area (Å²) >= 11 is 0. The van der Waals surface area contributed by atoms with Crippen molar-refractivity contribution < 1.29 is 9.53 Å². The number of H-pyrrole nitrogens is 1. The third kappa shape index (κ3) is 6.11. The van der Waals surface area contributed by atoms with E-state index in [0.29, 0.717) is 23.6 Å². The van der Waals surface area contributed by atoms with Crippen molar-refractivity contribution in [3.8, 4) is 0 Å². The molecule has 1 saturated heterocycles. The minimum Gasteiger partial charge on any atom is -0.379 e. The fraction of sp³-hybridized carbons (Fsp3) is 0.538. The van der Waals surface area contributed by atoms with E-state index in [1.165, 1.54) is 5.56 Å². The Kier molecular flexibility index (Phi) is 7.62. The fourth-order valence-electron chi connectivity index (χ4n) is 5.09. The Labute approximate surface area is 211 Å². The molecule has 2 fully saturated rings. The first-order valence-corrected chi connectivity index (χ1v) is 12.9. The van der Waals surface area contributed by atoms with E-state index in [-0.39, 0.29) is 5.91 Å². The van der Waals surface area contributed by atoms with Gasteiger partial charge in [0.1, 0.15) is 5.52 Å². The van der Waals surface area contributed by atoms with E-state index < -0.39 is 0 Å². The largest absolute Gasteiger partial charge is 0.379 e. The first-order chi connectivity index (χ1) is 17.5. The average molecular weight is 493 g/mol. The first-order valence-electron chi connectivity index (χ1n) is 12.9. The number of aromatic nitrogens is 4. The molecule has 4 N–H and O–H groups in total. The number of benzene rings is 1. The standard InChI is InChI=1S/C26H36N8O2/c1-17-13-20(15-34-9-11-36-12-10-34)5-8-22(17)31-26-32-24-23(28-16-29-24)25(33-26)30-21-6-3-19(4-7-21)14-27-18(2)35/h5,8,13,16,19,21H,3-4,6-7,9-12,14-15H2,1-2H3,(H,27,35)(H3,28,29,30,31,32,33). The van der Waals surface area contributed by atoms with Crippen LogP contribution in [0.15, 0.2) is 24.5 Å². The number of nitrogens with one attached hydrogen (secondary N) is 4. The molecule has 10 heteroatoms. The summed E-state index contributed by atoms with van der Waals surface area (Å²) in [4.78, 5) is 30.7. The van der Waals surface area contributed by atoms with Gasteiger partial charge in [0.05, 0.1) is 19.5 Å². The maximum atomic E-state index is 11.2. The summed E-state index contributed by atoms with van der Waals surface area (Å²) < 4.78 is 5.46. The number of ether oxygens (including phenoxy) is 1. The zero-order valence-corrected chi connectivity index (χ0v) is 21.1. The Morgan fingerprint density at radius 2 is 1.97 bits per heavy atom. The average Bonchev–Trinajstić information content (AvgIpc) is 3.35. The number of aryl methyl sites for hydroxylation is 1. The monoisotopic (exact) mass is 492 g/mol.